The zero-order valence-electron chi connectivity index (χ0n) is 10.8. The van der Waals surface area contributed by atoms with Crippen LogP contribution in [-0.2, 0) is 9.59 Å². The summed E-state index contributed by atoms with van der Waals surface area (Å²) in [4.78, 5) is 25.0. The maximum atomic E-state index is 12.0. The Morgan fingerprint density at radius 3 is 2.47 bits per heavy atom. The van der Waals surface area contributed by atoms with Gasteiger partial charge in [-0.1, -0.05) is 20.8 Å². The summed E-state index contributed by atoms with van der Waals surface area (Å²) in [7, 11) is 0. The highest BCUT2D eigenvalue weighted by atomic mass is 16.2. The quantitative estimate of drug-likeness (QED) is 0.729. The van der Waals surface area contributed by atoms with Crippen molar-refractivity contribution in [2.75, 3.05) is 13.1 Å². The van der Waals surface area contributed by atoms with E-state index < -0.39 is 11.0 Å². The van der Waals surface area contributed by atoms with Gasteiger partial charge in [0.1, 0.15) is 5.54 Å². The number of hydrogen-bond donors (Lipinski definition) is 1. The van der Waals surface area contributed by atoms with Gasteiger partial charge in [0.15, 0.2) is 0 Å². The van der Waals surface area contributed by atoms with Crippen LogP contribution < -0.4 is 5.32 Å². The summed E-state index contributed by atoms with van der Waals surface area (Å²) in [5.41, 5.74) is -1.51. The second-order valence-corrected chi connectivity index (χ2v) is 5.32. The van der Waals surface area contributed by atoms with E-state index in [1.807, 2.05) is 6.92 Å². The first kappa shape index (κ1) is 13.7. The molecule has 1 aliphatic heterocycles. The summed E-state index contributed by atoms with van der Waals surface area (Å²) < 4.78 is 0. The summed E-state index contributed by atoms with van der Waals surface area (Å²) >= 11 is 0. The molecule has 17 heavy (non-hydrogen) atoms. The van der Waals surface area contributed by atoms with Gasteiger partial charge in [0.2, 0.25) is 11.8 Å². The molecule has 0 aromatic heterocycles. The molecule has 0 spiro atoms. The fourth-order valence-electron chi connectivity index (χ4n) is 2.02. The molecule has 0 aliphatic carbocycles. The number of rotatable bonds is 4. The molecule has 1 aliphatic rings. The fraction of sp³-hybridized carbons (Fsp3) is 0.750. The van der Waals surface area contributed by atoms with Crippen molar-refractivity contribution in [3.05, 3.63) is 0 Å². The molecular formula is C12H19N3O2. The Morgan fingerprint density at radius 2 is 2.12 bits per heavy atom. The second-order valence-electron chi connectivity index (χ2n) is 5.32. The van der Waals surface area contributed by atoms with Crippen LogP contribution in [0.3, 0.4) is 0 Å². The molecule has 0 bridgehead atoms. The minimum atomic E-state index is -0.875. The van der Waals surface area contributed by atoms with E-state index in [1.54, 1.807) is 20.8 Å². The van der Waals surface area contributed by atoms with Crippen LogP contribution in [0.5, 0.6) is 0 Å². The standard InChI is InChI=1S/C12H19N3O2/c1-5-14-12(4,7-13)8-15-9(16)6-11(2,3)10(15)17/h14H,5-6,8H2,1-4H3. The van der Waals surface area contributed by atoms with Gasteiger partial charge in [-0.25, -0.2) is 0 Å². The zero-order valence-corrected chi connectivity index (χ0v) is 10.8. The number of hydrogen-bond acceptors (Lipinski definition) is 4. The molecule has 0 radical (unpaired) electrons. The number of imide groups is 1. The molecule has 1 unspecified atom stereocenters. The highest BCUT2D eigenvalue weighted by Crippen LogP contribution is 2.32. The Labute approximate surface area is 102 Å². The fourth-order valence-corrected chi connectivity index (χ4v) is 2.02. The van der Waals surface area contributed by atoms with Crippen molar-refractivity contribution in [1.82, 2.24) is 10.2 Å². The molecule has 94 valence electrons. The summed E-state index contributed by atoms with van der Waals surface area (Å²) in [5, 5.41) is 12.1. The molecule has 1 N–H and O–H groups in total. The Morgan fingerprint density at radius 1 is 1.53 bits per heavy atom. The first-order valence-corrected chi connectivity index (χ1v) is 5.77. The lowest BCUT2D eigenvalue weighted by molar-refractivity contribution is -0.141. The average Bonchev–Trinajstić information content (AvgIpc) is 2.41. The molecule has 5 nitrogen and oxygen atoms in total. The lowest BCUT2D eigenvalue weighted by Crippen LogP contribution is -2.52. The maximum absolute atomic E-state index is 12.0. The number of nitrogens with zero attached hydrogens (tertiary/aromatic N) is 2. The molecule has 1 heterocycles. The Balaban J connectivity index is 2.86. The number of likely N-dealkylation sites (N-methyl/N-ethyl adjacent to an activating group) is 1. The van der Waals surface area contributed by atoms with Crippen molar-refractivity contribution >= 4 is 11.8 Å². The van der Waals surface area contributed by atoms with Gasteiger partial charge in [-0.05, 0) is 13.5 Å². The van der Waals surface area contributed by atoms with Crippen LogP contribution in [0.25, 0.3) is 0 Å². The van der Waals surface area contributed by atoms with Crippen LogP contribution in [-0.4, -0.2) is 35.3 Å². The SMILES string of the molecule is CCNC(C)(C#N)CN1C(=O)CC(C)(C)C1=O. The minimum Gasteiger partial charge on any atom is -0.298 e. The van der Waals surface area contributed by atoms with E-state index in [1.165, 1.54) is 4.90 Å². The van der Waals surface area contributed by atoms with Gasteiger partial charge in [0.25, 0.3) is 0 Å². The van der Waals surface area contributed by atoms with Crippen LogP contribution in [0.4, 0.5) is 0 Å². The molecule has 0 saturated carbocycles. The van der Waals surface area contributed by atoms with Crippen LogP contribution in [0, 0.1) is 16.7 Å². The molecule has 0 aromatic carbocycles. The third-order valence-electron chi connectivity index (χ3n) is 3.01. The number of likely N-dealkylation sites (tertiary alicyclic amines) is 1. The Kier molecular flexibility index (Phi) is 3.58. The average molecular weight is 237 g/mol. The molecular weight excluding hydrogens is 218 g/mol. The van der Waals surface area contributed by atoms with Gasteiger partial charge < -0.3 is 0 Å². The van der Waals surface area contributed by atoms with Crippen LogP contribution in [0.2, 0.25) is 0 Å². The molecule has 5 heteroatoms. The first-order valence-electron chi connectivity index (χ1n) is 5.77. The van der Waals surface area contributed by atoms with Crippen molar-refractivity contribution in [2.24, 2.45) is 5.41 Å². The smallest absolute Gasteiger partial charge is 0.235 e. The van der Waals surface area contributed by atoms with E-state index in [-0.39, 0.29) is 24.8 Å². The summed E-state index contributed by atoms with van der Waals surface area (Å²) in [6, 6.07) is 2.12. The van der Waals surface area contributed by atoms with Gasteiger partial charge in [-0.2, -0.15) is 5.26 Å². The van der Waals surface area contributed by atoms with Gasteiger partial charge in [0, 0.05) is 6.42 Å². The lowest BCUT2D eigenvalue weighted by Gasteiger charge is -2.28. The third-order valence-corrected chi connectivity index (χ3v) is 3.01. The van der Waals surface area contributed by atoms with Gasteiger partial charge in [0.05, 0.1) is 18.0 Å². The number of nitrogens with one attached hydrogen (secondary N) is 1. The Bertz CT molecular complexity index is 384. The summed E-state index contributed by atoms with van der Waals surface area (Å²) in [5.74, 6) is -0.388. The van der Waals surface area contributed by atoms with E-state index in [2.05, 4.69) is 11.4 Å². The normalized spacial score (nSPS) is 22.4. The summed E-state index contributed by atoms with van der Waals surface area (Å²) in [6.45, 7) is 7.81. The second kappa shape index (κ2) is 4.46. The number of amides is 2. The van der Waals surface area contributed by atoms with E-state index >= 15 is 0 Å². The third kappa shape index (κ3) is 2.64. The highest BCUT2D eigenvalue weighted by molar-refractivity contribution is 6.05. The lowest BCUT2D eigenvalue weighted by atomic mass is 9.92. The number of nitriles is 1. The van der Waals surface area contributed by atoms with Crippen LogP contribution >= 0.6 is 0 Å². The van der Waals surface area contributed by atoms with Gasteiger partial charge in [-0.3, -0.25) is 19.8 Å². The van der Waals surface area contributed by atoms with Gasteiger partial charge >= 0.3 is 0 Å². The van der Waals surface area contributed by atoms with Crippen molar-refractivity contribution < 1.29 is 9.59 Å². The van der Waals surface area contributed by atoms with Crippen LogP contribution in [0.15, 0.2) is 0 Å². The molecule has 1 fully saturated rings. The van der Waals surface area contributed by atoms with Crippen LogP contribution in [0.1, 0.15) is 34.1 Å². The maximum Gasteiger partial charge on any atom is 0.235 e. The monoisotopic (exact) mass is 237 g/mol. The van der Waals surface area contributed by atoms with E-state index in [4.69, 9.17) is 5.26 Å². The Hall–Kier alpha value is -1.41. The first-order chi connectivity index (χ1) is 7.75. The summed E-state index contributed by atoms with van der Waals surface area (Å²) in [6.07, 6.45) is 0.222. The van der Waals surface area contributed by atoms with E-state index in [0.717, 1.165) is 0 Å². The zero-order chi connectivity index (χ0) is 13.3. The predicted octanol–water partition coefficient (Wildman–Crippen LogP) is 0.663. The van der Waals surface area contributed by atoms with Gasteiger partial charge in [-0.15, -0.1) is 0 Å². The number of carbonyl (C=O) groups is 2. The molecule has 1 saturated heterocycles. The van der Waals surface area contributed by atoms with Crippen molar-refractivity contribution in [3.63, 3.8) is 0 Å². The topological polar surface area (TPSA) is 73.2 Å². The largest absolute Gasteiger partial charge is 0.298 e. The molecule has 0 aromatic rings. The highest BCUT2D eigenvalue weighted by Gasteiger charge is 2.46. The number of carbonyl (C=O) groups excluding carboxylic acids is 2. The van der Waals surface area contributed by atoms with E-state index in [9.17, 15) is 9.59 Å². The van der Waals surface area contributed by atoms with Crippen molar-refractivity contribution in [1.29, 1.82) is 5.26 Å². The molecule has 2 amide bonds. The molecule has 1 rings (SSSR count). The van der Waals surface area contributed by atoms with E-state index in [0.29, 0.717) is 6.54 Å². The molecule has 1 atom stereocenters. The predicted molar refractivity (Wildman–Crippen MR) is 62.8 cm³/mol. The van der Waals surface area contributed by atoms with Crippen molar-refractivity contribution in [3.8, 4) is 6.07 Å². The van der Waals surface area contributed by atoms with Crippen molar-refractivity contribution in [2.45, 2.75) is 39.7 Å². The minimum absolute atomic E-state index is 0.110.